The van der Waals surface area contributed by atoms with Crippen molar-refractivity contribution < 1.29 is 9.53 Å². The topological polar surface area (TPSA) is 119 Å². The van der Waals surface area contributed by atoms with E-state index in [0.717, 1.165) is 0 Å². The SMILES string of the molecule is CCN(CC)C(=O)Oc1cc(/N=N/c2ccccc2)c(N)nc1N. The molecule has 2 rings (SSSR count). The largest absolute Gasteiger partial charge is 0.415 e. The maximum Gasteiger partial charge on any atom is 0.415 e. The summed E-state index contributed by atoms with van der Waals surface area (Å²) in [6.07, 6.45) is -0.510. The fourth-order valence-corrected chi connectivity index (χ4v) is 1.92. The molecule has 0 spiro atoms. The summed E-state index contributed by atoms with van der Waals surface area (Å²) in [5.74, 6) is 0.226. The molecule has 1 aromatic carbocycles. The molecule has 2 aromatic rings. The number of rotatable bonds is 5. The van der Waals surface area contributed by atoms with E-state index in [9.17, 15) is 4.79 Å². The summed E-state index contributed by atoms with van der Waals surface area (Å²) in [5, 5.41) is 8.12. The maximum atomic E-state index is 12.0. The average Bonchev–Trinajstić information content (AvgIpc) is 2.58. The highest BCUT2D eigenvalue weighted by Crippen LogP contribution is 2.31. The highest BCUT2D eigenvalue weighted by Gasteiger charge is 2.16. The molecule has 8 nitrogen and oxygen atoms in total. The number of benzene rings is 1. The van der Waals surface area contributed by atoms with Gasteiger partial charge in [-0.1, -0.05) is 18.2 Å². The predicted molar refractivity (Wildman–Crippen MR) is 92.6 cm³/mol. The van der Waals surface area contributed by atoms with E-state index in [1.54, 1.807) is 12.1 Å². The third-order valence-electron chi connectivity index (χ3n) is 3.27. The zero-order chi connectivity index (χ0) is 17.5. The number of ether oxygens (including phenoxy) is 1. The molecule has 0 saturated carbocycles. The molecule has 0 atom stereocenters. The van der Waals surface area contributed by atoms with Crippen molar-refractivity contribution in [1.82, 2.24) is 9.88 Å². The molecule has 0 aliphatic heterocycles. The zero-order valence-electron chi connectivity index (χ0n) is 13.6. The summed E-state index contributed by atoms with van der Waals surface area (Å²) in [7, 11) is 0. The molecule has 24 heavy (non-hydrogen) atoms. The fraction of sp³-hybridized carbons (Fsp3) is 0.250. The molecule has 126 valence electrons. The van der Waals surface area contributed by atoms with E-state index < -0.39 is 6.09 Å². The minimum Gasteiger partial charge on any atom is -0.406 e. The van der Waals surface area contributed by atoms with Crippen LogP contribution in [0.5, 0.6) is 5.75 Å². The van der Waals surface area contributed by atoms with Crippen molar-refractivity contribution in [2.75, 3.05) is 24.6 Å². The van der Waals surface area contributed by atoms with Crippen LogP contribution in [0.3, 0.4) is 0 Å². The molecule has 1 aromatic heterocycles. The minimum atomic E-state index is -0.510. The second-order valence-electron chi connectivity index (χ2n) is 4.85. The van der Waals surface area contributed by atoms with Crippen LogP contribution in [0.15, 0.2) is 46.6 Å². The standard InChI is InChI=1S/C16H20N6O2/c1-3-22(4-2)16(23)24-13-10-12(14(17)19-15(13)18)21-20-11-8-6-5-7-9-11/h5-10H,3-4H2,1-2H3,(H4,17,18,19)/b21-20+. The Kier molecular flexibility index (Phi) is 5.67. The molecular formula is C16H20N6O2. The first-order valence-corrected chi connectivity index (χ1v) is 7.54. The van der Waals surface area contributed by atoms with Crippen LogP contribution >= 0.6 is 0 Å². The van der Waals surface area contributed by atoms with Gasteiger partial charge in [0.15, 0.2) is 17.4 Å². The number of nitrogens with zero attached hydrogens (tertiary/aromatic N) is 4. The molecule has 4 N–H and O–H groups in total. The number of azo groups is 1. The van der Waals surface area contributed by atoms with Gasteiger partial charge in [0.25, 0.3) is 0 Å². The zero-order valence-corrected chi connectivity index (χ0v) is 13.6. The Hall–Kier alpha value is -3.16. The Balaban J connectivity index is 2.25. The molecule has 1 amide bonds. The van der Waals surface area contributed by atoms with Crippen LogP contribution in [0, 0.1) is 0 Å². The van der Waals surface area contributed by atoms with Crippen molar-refractivity contribution in [1.29, 1.82) is 0 Å². The van der Waals surface area contributed by atoms with Crippen molar-refractivity contribution in [3.8, 4) is 5.75 Å². The Morgan fingerprint density at radius 1 is 1.12 bits per heavy atom. The number of nitrogens with two attached hydrogens (primary N) is 2. The van der Waals surface area contributed by atoms with Crippen molar-refractivity contribution in [2.24, 2.45) is 10.2 Å². The first-order valence-electron chi connectivity index (χ1n) is 7.54. The van der Waals surface area contributed by atoms with E-state index in [-0.39, 0.29) is 23.1 Å². The number of aromatic nitrogens is 1. The van der Waals surface area contributed by atoms with Gasteiger partial charge in [0.2, 0.25) is 0 Å². The molecule has 0 aliphatic carbocycles. The van der Waals surface area contributed by atoms with Gasteiger partial charge in [-0.15, -0.1) is 5.11 Å². The van der Waals surface area contributed by atoms with Gasteiger partial charge in [0.05, 0.1) is 5.69 Å². The number of nitrogen functional groups attached to an aromatic ring is 2. The van der Waals surface area contributed by atoms with Gasteiger partial charge >= 0.3 is 6.09 Å². The van der Waals surface area contributed by atoms with Gasteiger partial charge < -0.3 is 21.1 Å². The van der Waals surface area contributed by atoms with Crippen molar-refractivity contribution in [3.63, 3.8) is 0 Å². The molecule has 0 saturated heterocycles. The number of hydrogen-bond donors (Lipinski definition) is 2. The van der Waals surface area contributed by atoms with E-state index in [2.05, 4.69) is 15.2 Å². The summed E-state index contributed by atoms with van der Waals surface area (Å²) in [5.41, 5.74) is 12.5. The van der Waals surface area contributed by atoms with Crippen LogP contribution in [0.1, 0.15) is 13.8 Å². The van der Waals surface area contributed by atoms with Gasteiger partial charge in [-0.2, -0.15) is 5.11 Å². The van der Waals surface area contributed by atoms with Crippen LogP contribution in [0.25, 0.3) is 0 Å². The van der Waals surface area contributed by atoms with Crippen LogP contribution < -0.4 is 16.2 Å². The lowest BCUT2D eigenvalue weighted by Gasteiger charge is -2.18. The van der Waals surface area contributed by atoms with E-state index in [0.29, 0.717) is 18.8 Å². The first-order chi connectivity index (χ1) is 11.5. The third kappa shape index (κ3) is 4.19. The molecular weight excluding hydrogens is 308 g/mol. The van der Waals surface area contributed by atoms with E-state index in [4.69, 9.17) is 16.2 Å². The smallest absolute Gasteiger partial charge is 0.406 e. The molecule has 0 aliphatic rings. The van der Waals surface area contributed by atoms with Crippen LogP contribution in [-0.2, 0) is 0 Å². The van der Waals surface area contributed by atoms with Gasteiger partial charge in [-0.05, 0) is 26.0 Å². The third-order valence-corrected chi connectivity index (χ3v) is 3.27. The van der Waals surface area contributed by atoms with Crippen LogP contribution in [-0.4, -0.2) is 29.1 Å². The summed E-state index contributed by atoms with van der Waals surface area (Å²) in [6, 6.07) is 10.6. The van der Waals surface area contributed by atoms with Crippen molar-refractivity contribution in [3.05, 3.63) is 36.4 Å². The lowest BCUT2D eigenvalue weighted by molar-refractivity contribution is 0.157. The van der Waals surface area contributed by atoms with Crippen LogP contribution in [0.2, 0.25) is 0 Å². The van der Waals surface area contributed by atoms with Gasteiger partial charge in [0.1, 0.15) is 5.69 Å². The lowest BCUT2D eigenvalue weighted by atomic mass is 10.3. The lowest BCUT2D eigenvalue weighted by Crippen LogP contribution is -2.33. The number of pyridine rings is 1. The molecule has 0 fully saturated rings. The average molecular weight is 328 g/mol. The molecule has 0 radical (unpaired) electrons. The Labute approximate surface area is 140 Å². The van der Waals surface area contributed by atoms with Crippen LogP contribution in [0.4, 0.5) is 27.8 Å². The summed E-state index contributed by atoms with van der Waals surface area (Å²) < 4.78 is 5.28. The monoisotopic (exact) mass is 328 g/mol. The Morgan fingerprint density at radius 2 is 1.79 bits per heavy atom. The van der Waals surface area contributed by atoms with Crippen molar-refractivity contribution >= 4 is 29.1 Å². The van der Waals surface area contributed by atoms with Gasteiger partial charge in [-0.25, -0.2) is 9.78 Å². The first kappa shape index (κ1) is 17.2. The number of carbonyl (C=O) groups excluding carboxylic acids is 1. The molecule has 8 heteroatoms. The van der Waals surface area contributed by atoms with Gasteiger partial charge in [0, 0.05) is 19.2 Å². The summed E-state index contributed by atoms with van der Waals surface area (Å²) in [4.78, 5) is 17.5. The normalized spacial score (nSPS) is 10.8. The van der Waals surface area contributed by atoms with E-state index in [1.165, 1.54) is 11.0 Å². The Bertz CT molecular complexity index is 729. The number of hydrogen-bond acceptors (Lipinski definition) is 7. The maximum absolute atomic E-state index is 12.0. The predicted octanol–water partition coefficient (Wildman–Crippen LogP) is 3.50. The second kappa shape index (κ2) is 7.91. The van der Waals surface area contributed by atoms with E-state index >= 15 is 0 Å². The molecule has 1 heterocycles. The van der Waals surface area contributed by atoms with Gasteiger partial charge in [-0.3, -0.25) is 0 Å². The fourth-order valence-electron chi connectivity index (χ4n) is 1.92. The number of carbonyl (C=O) groups is 1. The highest BCUT2D eigenvalue weighted by atomic mass is 16.6. The van der Waals surface area contributed by atoms with Crippen molar-refractivity contribution in [2.45, 2.75) is 13.8 Å². The molecule has 0 bridgehead atoms. The number of anilines is 2. The quantitative estimate of drug-likeness (QED) is 0.814. The summed E-state index contributed by atoms with van der Waals surface area (Å²) in [6.45, 7) is 4.76. The number of amides is 1. The minimum absolute atomic E-state index is 0.0201. The molecule has 0 unspecified atom stereocenters. The Morgan fingerprint density at radius 3 is 2.42 bits per heavy atom. The van der Waals surface area contributed by atoms with E-state index in [1.807, 2.05) is 32.0 Å². The highest BCUT2D eigenvalue weighted by molar-refractivity contribution is 5.75. The second-order valence-corrected chi connectivity index (χ2v) is 4.85. The summed E-state index contributed by atoms with van der Waals surface area (Å²) >= 11 is 0.